The standard InChI is InChI=1S/C25H40N2O2S.2C24H38N2O2S.C24H38N2OS.C22H34N2O2S/c1-19(2)29-21-10-7-14-27(16-21)18-25(12-8-13-25)17-26-24(28)23-15-20-9-5-3-4-6-11-22(20)30-23;1-23(28-2)12-14-26(15-13-23)18-24(10-7-11-24)17-25-22(27)21-16-19-8-5-3-4-6-9-20(19)29-21;1-19-9-12-26(13-10-19)17-24(11-6-14-28-18-24)16-25-23(27)22-15-20-7-4-2-3-5-8-21(20)29-22;1-2-19-10-14-26(15-11-19)18-24(12-7-13-24)17-25-23(27)22-16-20-8-5-3-4-6-9-21(20)28-22;25-21(20-14-18-8-3-1-2-4-9-19(18)27-20)23-15-22(10-7-13-26-17-22)16-24-11-5-6-12-24/h15,19,21H,3-14,16-18H2,1-2H3,(H,26,28);16H,3-15,17-18H2,1-2H3,(H,25,27);15,19H,2-14,16-18H2,1H3,(H,25,27);16,19H,2-15,17-18H2,1H3,(H,25,27);14H,1-13,15-17H2,(H,23,25). The Balaban J connectivity index is 0.000000128. The topological polar surface area (TPSA) is 199 Å². The van der Waals surface area contributed by atoms with Crippen LogP contribution in [0.15, 0.2) is 30.3 Å². The van der Waals surface area contributed by atoms with Gasteiger partial charge < -0.3 is 70.0 Å². The van der Waals surface area contributed by atoms with Gasteiger partial charge in [-0.15, -0.1) is 56.7 Å². The number of carbonyl (C=O) groups is 5. The SMILES string of the molecule is CC(C)OC1CCCN(CC2(CNC(=O)c3cc4c(s3)CCCCCC4)CCC2)C1.CC1CCN(CC2(CNC(=O)c3cc4c(s3)CCCCCC4)CCCOC2)CC1.CCC1CCN(CC2(CNC(=O)c3cc4c(s3)CCCCCC4)CCC2)CC1.COC1(C)CCN(CC2(CNC(=O)c3cc4c(s3)CCCCCC4)CCC2)CC1.O=C(NCC1(CN2CCCC2)CCCOC1)c1cc2c(s1)CCCCCC2. The molecule has 0 spiro atoms. The summed E-state index contributed by atoms with van der Waals surface area (Å²) in [5.74, 6) is 2.51. The van der Waals surface area contributed by atoms with Crippen molar-refractivity contribution in [1.29, 1.82) is 0 Å². The third kappa shape index (κ3) is 32.8. The van der Waals surface area contributed by atoms with E-state index in [9.17, 15) is 24.0 Å². The van der Waals surface area contributed by atoms with Crippen LogP contribution in [-0.4, -0.2) is 236 Å². The molecule has 5 aromatic heterocycles. The summed E-state index contributed by atoms with van der Waals surface area (Å²) < 4.78 is 23.5. The normalized spacial score (nSPS) is 25.2. The number of carbonyl (C=O) groups excluding carboxylic acids is 5. The van der Waals surface area contributed by atoms with E-state index in [4.69, 9.17) is 18.9 Å². The van der Waals surface area contributed by atoms with Gasteiger partial charge in [-0.25, -0.2) is 0 Å². The lowest BCUT2D eigenvalue weighted by Crippen LogP contribution is -2.52. The number of thiophene rings is 5. The van der Waals surface area contributed by atoms with Crippen molar-refractivity contribution in [3.05, 3.63) is 107 Å². The maximum atomic E-state index is 13.0. The Morgan fingerprint density at radius 1 is 0.343 bits per heavy atom. The summed E-state index contributed by atoms with van der Waals surface area (Å²) in [7, 11) is 1.84. The molecule has 7 aliphatic heterocycles. The Hall–Kier alpha value is -4.51. The van der Waals surface area contributed by atoms with E-state index in [0.717, 1.165) is 237 Å². The molecule has 8 aliphatic carbocycles. The molecule has 0 radical (unpaired) electrons. The van der Waals surface area contributed by atoms with Crippen molar-refractivity contribution in [3.63, 3.8) is 0 Å². The van der Waals surface area contributed by atoms with Crippen LogP contribution in [0.1, 0.15) is 418 Å². The number of nitrogens with zero attached hydrogens (tertiary/aromatic N) is 5. The largest absolute Gasteiger partial charge is 0.381 e. The summed E-state index contributed by atoms with van der Waals surface area (Å²) in [6.07, 6.45) is 68.1. The Labute approximate surface area is 883 Å². The van der Waals surface area contributed by atoms with Crippen LogP contribution in [-0.2, 0) is 83.2 Å². The first kappa shape index (κ1) is 111. The second-order valence-corrected chi connectivity index (χ2v) is 54.0. The summed E-state index contributed by atoms with van der Waals surface area (Å²) >= 11 is 8.71. The van der Waals surface area contributed by atoms with Crippen LogP contribution in [0, 0.1) is 38.9 Å². The zero-order valence-electron chi connectivity index (χ0n) is 89.8. The predicted molar refractivity (Wildman–Crippen MR) is 593 cm³/mol. The molecule has 5 amide bonds. The van der Waals surface area contributed by atoms with Gasteiger partial charge in [0.2, 0.25) is 0 Å². The highest BCUT2D eigenvalue weighted by Gasteiger charge is 2.46. The van der Waals surface area contributed by atoms with Crippen molar-refractivity contribution in [2.24, 2.45) is 38.9 Å². The Kier molecular flexibility index (Phi) is 42.9. The van der Waals surface area contributed by atoms with Gasteiger partial charge in [-0.2, -0.15) is 0 Å². The molecule has 5 N–H and O–H groups in total. The number of aryl methyl sites for hydroxylation is 10. The van der Waals surface area contributed by atoms with Crippen LogP contribution in [0.25, 0.3) is 0 Å². The molecule has 143 heavy (non-hydrogen) atoms. The number of fused-ring (bicyclic) bond motifs is 5. The Bertz CT molecular complexity index is 4590. The van der Waals surface area contributed by atoms with Gasteiger partial charge in [-0.3, -0.25) is 24.0 Å². The molecule has 0 bridgehead atoms. The van der Waals surface area contributed by atoms with E-state index in [-0.39, 0.29) is 56.8 Å². The molecule has 3 saturated carbocycles. The van der Waals surface area contributed by atoms with Gasteiger partial charge in [0, 0.05) is 157 Å². The summed E-state index contributed by atoms with van der Waals surface area (Å²) in [5, 5.41) is 16.6. The molecule has 3 unspecified atom stereocenters. The van der Waals surface area contributed by atoms with Gasteiger partial charge in [0.15, 0.2) is 0 Å². The van der Waals surface area contributed by atoms with Crippen molar-refractivity contribution in [3.8, 4) is 0 Å². The first-order valence-electron chi connectivity index (χ1n) is 58.6. The highest BCUT2D eigenvalue weighted by atomic mass is 32.1. The third-order valence-electron chi connectivity index (χ3n) is 36.3. The monoisotopic (exact) mass is 2060 g/mol. The van der Waals surface area contributed by atoms with Gasteiger partial charge >= 0.3 is 0 Å². The lowest BCUT2D eigenvalue weighted by atomic mass is 9.68. The van der Waals surface area contributed by atoms with Crippen LogP contribution in [0.2, 0.25) is 0 Å². The molecule has 3 atom stereocenters. The van der Waals surface area contributed by atoms with Gasteiger partial charge in [-0.05, 0) is 393 Å². The molecule has 7 saturated heterocycles. The van der Waals surface area contributed by atoms with Crippen LogP contribution >= 0.6 is 56.7 Å². The van der Waals surface area contributed by atoms with Crippen molar-refractivity contribution in [2.75, 3.05) is 164 Å². The van der Waals surface area contributed by atoms with E-state index < -0.39 is 0 Å². The van der Waals surface area contributed by atoms with Gasteiger partial charge in [0.1, 0.15) is 0 Å². The smallest absolute Gasteiger partial charge is 0.261 e. The highest BCUT2D eigenvalue weighted by Crippen LogP contribution is 2.47. The zero-order chi connectivity index (χ0) is 99.3. The number of piperidine rings is 4. The second kappa shape index (κ2) is 55.2. The summed E-state index contributed by atoms with van der Waals surface area (Å²) in [5.41, 5.74) is 8.27. The van der Waals surface area contributed by atoms with Crippen LogP contribution in [0.4, 0.5) is 0 Å². The van der Waals surface area contributed by atoms with E-state index in [1.165, 1.54) is 355 Å². The predicted octanol–water partition coefficient (Wildman–Crippen LogP) is 24.1. The van der Waals surface area contributed by atoms with E-state index in [0.29, 0.717) is 17.6 Å². The molecule has 15 aliphatic rings. The average molecular weight is 2060 g/mol. The number of ether oxygens (including phenoxy) is 4. The lowest BCUT2D eigenvalue weighted by Gasteiger charge is -2.48. The molecular weight excluding hydrogens is 1870 g/mol. The van der Waals surface area contributed by atoms with Crippen molar-refractivity contribution < 1.29 is 42.9 Å². The molecule has 12 heterocycles. The van der Waals surface area contributed by atoms with Crippen molar-refractivity contribution in [2.45, 2.75) is 399 Å². The number of methoxy groups -OCH3 is 1. The van der Waals surface area contributed by atoms with Gasteiger partial charge in [0.05, 0.1) is 55.4 Å². The molecule has 24 heteroatoms. The minimum Gasteiger partial charge on any atom is -0.381 e. The quantitative estimate of drug-likeness (QED) is 0.0303. The van der Waals surface area contributed by atoms with Crippen LogP contribution < -0.4 is 26.6 Å². The maximum Gasteiger partial charge on any atom is 0.261 e. The van der Waals surface area contributed by atoms with Gasteiger partial charge in [0.25, 0.3) is 29.5 Å². The minimum absolute atomic E-state index is 0.0491. The van der Waals surface area contributed by atoms with E-state index in [2.05, 4.69) is 116 Å². The summed E-state index contributed by atoms with van der Waals surface area (Å²) in [6, 6.07) is 10.9. The fourth-order valence-electron chi connectivity index (χ4n) is 26.3. The van der Waals surface area contributed by atoms with Crippen LogP contribution in [0.5, 0.6) is 0 Å². The number of rotatable bonds is 29. The number of likely N-dealkylation sites (tertiary alicyclic amines) is 5. The molecule has 20 rings (SSSR count). The molecule has 10 fully saturated rings. The second-order valence-electron chi connectivity index (χ2n) is 48.3. The molecule has 0 aromatic carbocycles. The number of amides is 5. The lowest BCUT2D eigenvalue weighted by molar-refractivity contribution is -0.0546. The Morgan fingerprint density at radius 3 is 0.930 bits per heavy atom. The first-order valence-corrected chi connectivity index (χ1v) is 62.6. The van der Waals surface area contributed by atoms with E-state index >= 15 is 0 Å². The zero-order valence-corrected chi connectivity index (χ0v) is 93.9. The number of hydrogen-bond acceptors (Lipinski definition) is 19. The summed E-state index contributed by atoms with van der Waals surface area (Å²) in [4.78, 5) is 89.6. The Morgan fingerprint density at radius 2 is 0.629 bits per heavy atom. The minimum atomic E-state index is 0.0491. The number of nitrogens with one attached hydrogen (secondary N) is 5. The van der Waals surface area contributed by atoms with Crippen molar-refractivity contribution >= 4 is 86.2 Å². The van der Waals surface area contributed by atoms with E-state index in [1.807, 2.05) is 7.11 Å². The van der Waals surface area contributed by atoms with Gasteiger partial charge in [-0.1, -0.05) is 104 Å². The maximum absolute atomic E-state index is 13.0. The molecule has 19 nitrogen and oxygen atoms in total. The molecule has 5 aromatic rings. The van der Waals surface area contributed by atoms with Crippen LogP contribution in [0.3, 0.4) is 0 Å². The average Bonchev–Trinajstić information content (AvgIpc) is 1.54. The highest BCUT2D eigenvalue weighted by molar-refractivity contribution is 7.15. The fraction of sp³-hybridized carbons (Fsp3) is 0.790. The van der Waals surface area contributed by atoms with E-state index in [1.54, 1.807) is 56.7 Å². The summed E-state index contributed by atoms with van der Waals surface area (Å²) in [6.45, 7) is 35.7. The fourth-order valence-corrected chi connectivity index (χ4v) is 32.2. The third-order valence-corrected chi connectivity index (χ3v) is 42.4. The van der Waals surface area contributed by atoms with Crippen molar-refractivity contribution in [1.82, 2.24) is 51.1 Å². The molecular formula is C119H188N10O9S5. The number of hydrogen-bond donors (Lipinski definition) is 5. The first-order chi connectivity index (χ1) is 69.6. The molecule has 798 valence electrons.